The molecule has 0 saturated heterocycles. The van der Waals surface area contributed by atoms with Crippen LogP contribution in [0.1, 0.15) is 0 Å². The van der Waals surface area contributed by atoms with E-state index in [-0.39, 0.29) is 6.79 Å². The Kier molecular flexibility index (Phi) is 10.3. The molecule has 0 saturated carbocycles. The summed E-state index contributed by atoms with van der Waals surface area (Å²) in [5.41, 5.74) is 0. The van der Waals surface area contributed by atoms with Crippen LogP contribution in [-0.2, 0) is 0 Å². The molecule has 0 bridgehead atoms. The van der Waals surface area contributed by atoms with Crippen LogP contribution in [0.2, 0.25) is 0 Å². The summed E-state index contributed by atoms with van der Waals surface area (Å²) in [6.45, 7) is 0.287. The lowest BCUT2D eigenvalue weighted by atomic mass is 10.3. The minimum Gasteiger partial charge on any atom is -0.497 e. The van der Waals surface area contributed by atoms with Crippen LogP contribution in [0, 0.1) is 0 Å². The van der Waals surface area contributed by atoms with E-state index in [2.05, 4.69) is 0 Å². The van der Waals surface area contributed by atoms with Crippen LogP contribution in [0.5, 0.6) is 46.0 Å². The lowest BCUT2D eigenvalue weighted by Gasteiger charge is -2.10. The molecule has 178 valence electrons. The lowest BCUT2D eigenvalue weighted by molar-refractivity contribution is 0.171. The number of hydrogen-bond acceptors (Lipinski definition) is 8. The van der Waals surface area contributed by atoms with Crippen molar-refractivity contribution in [2.75, 3.05) is 49.5 Å². The molecule has 0 radical (unpaired) electrons. The molecule has 0 fully saturated rings. The summed E-state index contributed by atoms with van der Waals surface area (Å²) in [5.74, 6) is 5.86. The SMILES string of the molecule is COc1ccc(OC)cc1.COc1cccc(OC)c1OC.COc1cccc2c1OCO2. The van der Waals surface area contributed by atoms with Crippen LogP contribution in [0.25, 0.3) is 0 Å². The fraction of sp³-hybridized carbons (Fsp3) is 0.280. The van der Waals surface area contributed by atoms with Crippen molar-refractivity contribution >= 4 is 0 Å². The Balaban J connectivity index is 0.000000176. The van der Waals surface area contributed by atoms with Gasteiger partial charge in [0, 0.05) is 0 Å². The highest BCUT2D eigenvalue weighted by Gasteiger charge is 2.17. The van der Waals surface area contributed by atoms with Gasteiger partial charge >= 0.3 is 0 Å². The van der Waals surface area contributed by atoms with Gasteiger partial charge in [0.2, 0.25) is 18.3 Å². The zero-order chi connectivity index (χ0) is 24.1. The Hall–Kier alpha value is -3.94. The monoisotopic (exact) mass is 458 g/mol. The minimum absolute atomic E-state index is 0.287. The molecule has 33 heavy (non-hydrogen) atoms. The first kappa shape index (κ1) is 25.3. The van der Waals surface area contributed by atoms with Crippen molar-refractivity contribution in [1.82, 2.24) is 0 Å². The van der Waals surface area contributed by atoms with E-state index >= 15 is 0 Å². The highest BCUT2D eigenvalue weighted by Crippen LogP contribution is 2.40. The van der Waals surface area contributed by atoms with Gasteiger partial charge in [0.25, 0.3) is 0 Å². The molecule has 1 heterocycles. The molecule has 0 aliphatic carbocycles. The second-order valence-corrected chi connectivity index (χ2v) is 6.27. The Morgan fingerprint density at radius 2 is 1.00 bits per heavy atom. The highest BCUT2D eigenvalue weighted by atomic mass is 16.7. The first-order valence-electron chi connectivity index (χ1n) is 9.97. The Bertz CT molecular complexity index is 927. The maximum absolute atomic E-state index is 5.17. The summed E-state index contributed by atoms with van der Waals surface area (Å²) >= 11 is 0. The average Bonchev–Trinajstić information content (AvgIpc) is 3.38. The Morgan fingerprint density at radius 3 is 1.45 bits per heavy atom. The van der Waals surface area contributed by atoms with E-state index < -0.39 is 0 Å². The third-order valence-corrected chi connectivity index (χ3v) is 4.46. The van der Waals surface area contributed by atoms with Crippen molar-refractivity contribution in [1.29, 1.82) is 0 Å². The second-order valence-electron chi connectivity index (χ2n) is 6.27. The van der Waals surface area contributed by atoms with E-state index in [1.165, 1.54) is 0 Å². The largest absolute Gasteiger partial charge is 0.497 e. The molecule has 0 spiro atoms. The molecular formula is C25H30O8. The van der Waals surface area contributed by atoms with E-state index in [0.717, 1.165) is 23.0 Å². The molecule has 3 aromatic rings. The molecule has 0 aromatic heterocycles. The van der Waals surface area contributed by atoms with Crippen molar-refractivity contribution in [2.24, 2.45) is 0 Å². The van der Waals surface area contributed by atoms with Crippen LogP contribution in [0.3, 0.4) is 0 Å². The van der Waals surface area contributed by atoms with Gasteiger partial charge in [-0.05, 0) is 48.5 Å². The van der Waals surface area contributed by atoms with E-state index in [1.807, 2.05) is 60.7 Å². The number of para-hydroxylation sites is 2. The maximum Gasteiger partial charge on any atom is 0.231 e. The van der Waals surface area contributed by atoms with Gasteiger partial charge in [-0.1, -0.05) is 12.1 Å². The van der Waals surface area contributed by atoms with Gasteiger partial charge in [0.15, 0.2) is 23.0 Å². The molecule has 8 nitrogen and oxygen atoms in total. The summed E-state index contributed by atoms with van der Waals surface area (Å²) in [6.07, 6.45) is 0. The zero-order valence-corrected chi connectivity index (χ0v) is 19.7. The fourth-order valence-corrected chi connectivity index (χ4v) is 2.79. The first-order chi connectivity index (χ1) is 16.1. The summed E-state index contributed by atoms with van der Waals surface area (Å²) in [7, 11) is 9.66. The number of fused-ring (bicyclic) bond motifs is 1. The molecule has 0 amide bonds. The van der Waals surface area contributed by atoms with Crippen LogP contribution in [0.15, 0.2) is 60.7 Å². The summed E-state index contributed by atoms with van der Waals surface area (Å²) < 4.78 is 40.5. The van der Waals surface area contributed by atoms with E-state index in [0.29, 0.717) is 23.0 Å². The predicted molar refractivity (Wildman–Crippen MR) is 125 cm³/mol. The van der Waals surface area contributed by atoms with Gasteiger partial charge in [-0.2, -0.15) is 0 Å². The van der Waals surface area contributed by atoms with Gasteiger partial charge in [-0.15, -0.1) is 0 Å². The van der Waals surface area contributed by atoms with Crippen LogP contribution in [-0.4, -0.2) is 49.5 Å². The van der Waals surface area contributed by atoms with Crippen molar-refractivity contribution < 1.29 is 37.9 Å². The van der Waals surface area contributed by atoms with E-state index in [1.54, 1.807) is 42.7 Å². The normalized spacial score (nSPS) is 10.5. The molecular weight excluding hydrogens is 428 g/mol. The van der Waals surface area contributed by atoms with Gasteiger partial charge < -0.3 is 37.9 Å². The van der Waals surface area contributed by atoms with Crippen molar-refractivity contribution in [3.63, 3.8) is 0 Å². The number of ether oxygens (including phenoxy) is 8. The van der Waals surface area contributed by atoms with Crippen molar-refractivity contribution in [2.45, 2.75) is 0 Å². The van der Waals surface area contributed by atoms with Gasteiger partial charge in [0.1, 0.15) is 11.5 Å². The first-order valence-corrected chi connectivity index (χ1v) is 9.97. The molecule has 8 heteroatoms. The number of hydrogen-bond donors (Lipinski definition) is 0. The molecule has 0 atom stereocenters. The molecule has 1 aliphatic heterocycles. The minimum atomic E-state index is 0.287. The number of methoxy groups -OCH3 is 6. The Morgan fingerprint density at radius 1 is 0.515 bits per heavy atom. The fourth-order valence-electron chi connectivity index (χ4n) is 2.79. The molecule has 4 rings (SSSR count). The predicted octanol–water partition coefficient (Wildman–Crippen LogP) is 4.84. The molecule has 0 unspecified atom stereocenters. The van der Waals surface area contributed by atoms with Gasteiger partial charge in [-0.25, -0.2) is 0 Å². The zero-order valence-electron chi connectivity index (χ0n) is 19.7. The molecule has 1 aliphatic rings. The van der Waals surface area contributed by atoms with E-state index in [9.17, 15) is 0 Å². The van der Waals surface area contributed by atoms with Crippen molar-refractivity contribution in [3.05, 3.63) is 60.7 Å². The quantitative estimate of drug-likeness (QED) is 0.520. The van der Waals surface area contributed by atoms with Crippen molar-refractivity contribution in [3.8, 4) is 46.0 Å². The average molecular weight is 459 g/mol. The van der Waals surface area contributed by atoms with Crippen LogP contribution in [0.4, 0.5) is 0 Å². The smallest absolute Gasteiger partial charge is 0.231 e. The summed E-state index contributed by atoms with van der Waals surface area (Å²) in [4.78, 5) is 0. The molecule has 3 aromatic carbocycles. The Labute approximate surface area is 194 Å². The second kappa shape index (κ2) is 13.5. The molecule has 0 N–H and O–H groups in total. The lowest BCUT2D eigenvalue weighted by Crippen LogP contribution is -1.93. The third-order valence-electron chi connectivity index (χ3n) is 4.46. The standard InChI is InChI=1S/C9H12O3.C8H8O3.C8H10O2/c1-10-7-5-4-6-8(11-2)9(7)12-3;1-9-6-3-2-4-7-8(6)11-5-10-7;1-9-7-3-5-8(10-2)6-4-7/h4-6H,1-3H3;2-4H,5H2,1H3;3-6H,1-2H3. The van der Waals surface area contributed by atoms with E-state index in [4.69, 9.17) is 37.9 Å². The topological polar surface area (TPSA) is 73.8 Å². The summed E-state index contributed by atoms with van der Waals surface area (Å²) in [5, 5.41) is 0. The summed E-state index contributed by atoms with van der Waals surface area (Å²) in [6, 6.07) is 18.5. The van der Waals surface area contributed by atoms with Crippen LogP contribution >= 0.6 is 0 Å². The number of rotatable bonds is 6. The maximum atomic E-state index is 5.17. The number of benzene rings is 3. The van der Waals surface area contributed by atoms with Crippen LogP contribution < -0.4 is 37.9 Å². The van der Waals surface area contributed by atoms with Gasteiger partial charge in [0.05, 0.1) is 42.7 Å². The highest BCUT2D eigenvalue weighted by molar-refractivity contribution is 5.52. The van der Waals surface area contributed by atoms with Gasteiger partial charge in [-0.3, -0.25) is 0 Å². The third kappa shape index (κ3) is 7.03.